The molecule has 0 radical (unpaired) electrons. The zero-order chi connectivity index (χ0) is 25.2. The van der Waals surface area contributed by atoms with Gasteiger partial charge in [-0.2, -0.15) is 13.2 Å². The number of alkyl halides is 3. The van der Waals surface area contributed by atoms with Crippen molar-refractivity contribution >= 4 is 28.2 Å². The highest BCUT2D eigenvalue weighted by Crippen LogP contribution is 2.39. The molecule has 5 nitrogen and oxygen atoms in total. The number of ether oxygens (including phenoxy) is 1. The number of benzene rings is 3. The first-order valence-corrected chi connectivity index (χ1v) is 11.0. The van der Waals surface area contributed by atoms with Gasteiger partial charge in [0.1, 0.15) is 11.7 Å². The number of para-hydroxylation sites is 2. The molecular weight excluding hydrogens is 457 g/mol. The highest BCUT2D eigenvalue weighted by atomic mass is 19.4. The standard InChI is InChI=1S/C27H23F3N2O3/c1-3-35-26(34)20-15-31-23-18(24(20)32-22-14-7-4-9-16(22)2)11-8-12-19(23)25(33)17-10-5-6-13-21(17)27(28,29)30/h4-15,25,33H,3H2,1-2H3,(H,31,32). The third kappa shape index (κ3) is 4.83. The molecule has 0 amide bonds. The molecule has 1 aromatic heterocycles. The summed E-state index contributed by atoms with van der Waals surface area (Å²) >= 11 is 0. The summed E-state index contributed by atoms with van der Waals surface area (Å²) in [6, 6.07) is 17.2. The number of anilines is 2. The molecule has 180 valence electrons. The molecule has 8 heteroatoms. The van der Waals surface area contributed by atoms with Crippen LogP contribution in [0.25, 0.3) is 10.9 Å². The first-order chi connectivity index (χ1) is 16.7. The molecule has 0 saturated heterocycles. The zero-order valence-corrected chi connectivity index (χ0v) is 19.1. The molecular formula is C27H23F3N2O3. The summed E-state index contributed by atoms with van der Waals surface area (Å²) in [7, 11) is 0. The highest BCUT2D eigenvalue weighted by molar-refractivity contribution is 6.06. The predicted molar refractivity (Wildman–Crippen MR) is 128 cm³/mol. The summed E-state index contributed by atoms with van der Waals surface area (Å²) in [5.41, 5.74) is 1.46. The molecule has 0 saturated carbocycles. The number of aliphatic hydroxyl groups is 1. The summed E-state index contributed by atoms with van der Waals surface area (Å²) in [6.07, 6.45) is -4.92. The van der Waals surface area contributed by atoms with Crippen LogP contribution in [0.1, 0.15) is 45.6 Å². The van der Waals surface area contributed by atoms with Crippen molar-refractivity contribution in [1.82, 2.24) is 4.98 Å². The van der Waals surface area contributed by atoms with Gasteiger partial charge in [-0.15, -0.1) is 0 Å². The second kappa shape index (κ2) is 9.76. The Bertz CT molecular complexity index is 1390. The summed E-state index contributed by atoms with van der Waals surface area (Å²) in [6.45, 7) is 3.75. The number of carbonyl (C=O) groups is 1. The molecule has 0 fully saturated rings. The van der Waals surface area contributed by atoms with Crippen LogP contribution in [0.4, 0.5) is 24.5 Å². The fourth-order valence-electron chi connectivity index (χ4n) is 3.97. The summed E-state index contributed by atoms with van der Waals surface area (Å²) in [4.78, 5) is 17.1. The highest BCUT2D eigenvalue weighted by Gasteiger charge is 2.35. The molecule has 1 atom stereocenters. The topological polar surface area (TPSA) is 71.5 Å². The Morgan fingerprint density at radius 1 is 1.03 bits per heavy atom. The molecule has 3 aromatic carbocycles. The Balaban J connectivity index is 1.92. The smallest absolute Gasteiger partial charge is 0.416 e. The Kier molecular flexibility index (Phi) is 6.75. The van der Waals surface area contributed by atoms with Crippen molar-refractivity contribution in [2.45, 2.75) is 26.1 Å². The molecule has 2 N–H and O–H groups in total. The van der Waals surface area contributed by atoms with Crippen LogP contribution >= 0.6 is 0 Å². The minimum absolute atomic E-state index is 0.160. The molecule has 0 spiro atoms. The molecule has 0 aliphatic heterocycles. The van der Waals surface area contributed by atoms with Gasteiger partial charge in [0.05, 0.1) is 23.4 Å². The number of nitrogens with zero attached hydrogens (tertiary/aromatic N) is 1. The van der Waals surface area contributed by atoms with E-state index in [1.54, 1.807) is 19.1 Å². The number of carbonyl (C=O) groups excluding carboxylic acids is 1. The Labute approximate surface area is 200 Å². The van der Waals surface area contributed by atoms with Crippen LogP contribution < -0.4 is 5.32 Å². The van der Waals surface area contributed by atoms with Gasteiger partial charge in [0.25, 0.3) is 0 Å². The van der Waals surface area contributed by atoms with Crippen LogP contribution in [0.15, 0.2) is 72.9 Å². The molecule has 4 rings (SSSR count). The minimum atomic E-state index is -4.63. The quantitative estimate of drug-likeness (QED) is 0.306. The van der Waals surface area contributed by atoms with Gasteiger partial charge in [0.15, 0.2) is 0 Å². The number of fused-ring (bicyclic) bond motifs is 1. The average Bonchev–Trinajstić information content (AvgIpc) is 2.84. The SMILES string of the molecule is CCOC(=O)c1cnc2c(C(O)c3ccccc3C(F)(F)F)cccc2c1Nc1ccccc1C. The van der Waals surface area contributed by atoms with Crippen LogP contribution in [0.5, 0.6) is 0 Å². The van der Waals surface area contributed by atoms with Crippen molar-refractivity contribution < 1.29 is 27.8 Å². The summed E-state index contributed by atoms with van der Waals surface area (Å²) in [5, 5.41) is 14.8. The van der Waals surface area contributed by atoms with E-state index in [2.05, 4.69) is 10.3 Å². The number of aliphatic hydroxyl groups excluding tert-OH is 1. The number of rotatable bonds is 6. The number of nitrogens with one attached hydrogen (secondary N) is 1. The maximum Gasteiger partial charge on any atom is 0.416 e. The first kappa shape index (κ1) is 24.2. The Morgan fingerprint density at radius 2 is 1.71 bits per heavy atom. The number of aromatic nitrogens is 1. The van der Waals surface area contributed by atoms with Crippen LogP contribution in [-0.2, 0) is 10.9 Å². The van der Waals surface area contributed by atoms with Gasteiger partial charge in [-0.05, 0) is 37.1 Å². The van der Waals surface area contributed by atoms with E-state index in [4.69, 9.17) is 4.74 Å². The normalized spacial score (nSPS) is 12.4. The van der Waals surface area contributed by atoms with Crippen molar-refractivity contribution in [2.24, 2.45) is 0 Å². The Morgan fingerprint density at radius 3 is 2.43 bits per heavy atom. The number of esters is 1. The fourth-order valence-corrected chi connectivity index (χ4v) is 3.97. The van der Waals surface area contributed by atoms with Crippen molar-refractivity contribution in [3.63, 3.8) is 0 Å². The second-order valence-corrected chi connectivity index (χ2v) is 7.94. The van der Waals surface area contributed by atoms with Crippen molar-refractivity contribution in [2.75, 3.05) is 11.9 Å². The maximum absolute atomic E-state index is 13.6. The van der Waals surface area contributed by atoms with E-state index in [-0.39, 0.29) is 28.8 Å². The van der Waals surface area contributed by atoms with Gasteiger partial charge in [0, 0.05) is 22.8 Å². The van der Waals surface area contributed by atoms with Gasteiger partial charge in [-0.25, -0.2) is 4.79 Å². The van der Waals surface area contributed by atoms with Crippen LogP contribution in [0.2, 0.25) is 0 Å². The van der Waals surface area contributed by atoms with Gasteiger partial charge < -0.3 is 15.2 Å². The summed E-state index contributed by atoms with van der Waals surface area (Å²) < 4.78 is 46.0. The molecule has 4 aromatic rings. The van der Waals surface area contributed by atoms with Crippen LogP contribution in [0.3, 0.4) is 0 Å². The van der Waals surface area contributed by atoms with E-state index < -0.39 is 23.8 Å². The van der Waals surface area contributed by atoms with E-state index in [0.29, 0.717) is 11.1 Å². The van der Waals surface area contributed by atoms with Gasteiger partial charge in [-0.1, -0.05) is 54.6 Å². The van der Waals surface area contributed by atoms with Gasteiger partial charge >= 0.3 is 12.1 Å². The third-order valence-corrected chi connectivity index (χ3v) is 5.68. The lowest BCUT2D eigenvalue weighted by atomic mass is 9.94. The van der Waals surface area contributed by atoms with Crippen LogP contribution in [0, 0.1) is 6.92 Å². The first-order valence-electron chi connectivity index (χ1n) is 11.0. The van der Waals surface area contributed by atoms with Crippen molar-refractivity contribution in [3.05, 3.63) is 101 Å². The third-order valence-electron chi connectivity index (χ3n) is 5.68. The van der Waals surface area contributed by atoms with Gasteiger partial charge in [-0.3, -0.25) is 4.98 Å². The summed E-state index contributed by atoms with van der Waals surface area (Å²) in [5.74, 6) is -0.591. The number of aryl methyl sites for hydroxylation is 1. The zero-order valence-electron chi connectivity index (χ0n) is 19.1. The van der Waals surface area contributed by atoms with E-state index in [1.807, 2.05) is 31.2 Å². The second-order valence-electron chi connectivity index (χ2n) is 7.94. The van der Waals surface area contributed by atoms with E-state index in [0.717, 1.165) is 17.3 Å². The van der Waals surface area contributed by atoms with Crippen LogP contribution in [-0.4, -0.2) is 22.7 Å². The van der Waals surface area contributed by atoms with E-state index in [1.165, 1.54) is 30.5 Å². The monoisotopic (exact) mass is 480 g/mol. The number of halogens is 3. The number of hydrogen-bond donors (Lipinski definition) is 2. The van der Waals surface area contributed by atoms with E-state index >= 15 is 0 Å². The minimum Gasteiger partial charge on any atom is -0.462 e. The molecule has 1 unspecified atom stereocenters. The molecule has 0 aliphatic carbocycles. The lowest BCUT2D eigenvalue weighted by Crippen LogP contribution is -2.14. The molecule has 1 heterocycles. The lowest BCUT2D eigenvalue weighted by molar-refractivity contribution is -0.139. The molecule has 35 heavy (non-hydrogen) atoms. The number of hydrogen-bond acceptors (Lipinski definition) is 5. The Hall–Kier alpha value is -3.91. The fraction of sp³-hybridized carbons (Fsp3) is 0.185. The lowest BCUT2D eigenvalue weighted by Gasteiger charge is -2.20. The predicted octanol–water partition coefficient (Wildman–Crippen LogP) is 6.56. The van der Waals surface area contributed by atoms with Crippen molar-refractivity contribution in [3.8, 4) is 0 Å². The maximum atomic E-state index is 13.6. The average molecular weight is 480 g/mol. The van der Waals surface area contributed by atoms with Crippen molar-refractivity contribution in [1.29, 1.82) is 0 Å². The van der Waals surface area contributed by atoms with Gasteiger partial charge in [0.2, 0.25) is 0 Å². The largest absolute Gasteiger partial charge is 0.462 e. The molecule has 0 aliphatic rings. The number of pyridine rings is 1. The molecule has 0 bridgehead atoms. The van der Waals surface area contributed by atoms with E-state index in [9.17, 15) is 23.1 Å².